The summed E-state index contributed by atoms with van der Waals surface area (Å²) in [6.07, 6.45) is -0.104. The smallest absolute Gasteiger partial charge is 0.240 e. The van der Waals surface area contributed by atoms with E-state index >= 15 is 0 Å². The van der Waals surface area contributed by atoms with E-state index in [1.165, 1.54) is 0 Å². The summed E-state index contributed by atoms with van der Waals surface area (Å²) < 4.78 is 57.7. The summed E-state index contributed by atoms with van der Waals surface area (Å²) in [5, 5.41) is 2.61. The van der Waals surface area contributed by atoms with Gasteiger partial charge in [0.1, 0.15) is 12.4 Å². The third-order valence-electron chi connectivity index (χ3n) is 3.62. The van der Waals surface area contributed by atoms with Crippen molar-refractivity contribution in [2.75, 3.05) is 19.7 Å². The Balaban J connectivity index is 1.71. The van der Waals surface area contributed by atoms with Crippen LogP contribution in [0.3, 0.4) is 0 Å². The average molecular weight is 398 g/mol. The molecule has 2 aromatic carbocycles. The van der Waals surface area contributed by atoms with Crippen LogP contribution in [0.4, 0.5) is 8.78 Å². The minimum atomic E-state index is -4.02. The molecule has 0 unspecified atom stereocenters. The van der Waals surface area contributed by atoms with Crippen molar-refractivity contribution in [2.45, 2.75) is 18.2 Å². The summed E-state index contributed by atoms with van der Waals surface area (Å²) in [7, 11) is -4.02. The molecular formula is C18H20F2N2O4S. The fourth-order valence-electron chi connectivity index (χ4n) is 2.18. The summed E-state index contributed by atoms with van der Waals surface area (Å²) in [5.74, 6) is -2.03. The molecule has 2 rings (SSSR count). The monoisotopic (exact) mass is 398 g/mol. The first-order valence-electron chi connectivity index (χ1n) is 8.19. The Bertz CT molecular complexity index is 904. The lowest BCUT2D eigenvalue weighted by Crippen LogP contribution is -2.32. The van der Waals surface area contributed by atoms with Crippen LogP contribution in [0.1, 0.15) is 12.0 Å². The number of sulfonamides is 1. The second kappa shape index (κ2) is 9.43. The summed E-state index contributed by atoms with van der Waals surface area (Å²) in [4.78, 5) is 11.3. The third-order valence-corrected chi connectivity index (χ3v) is 5.08. The van der Waals surface area contributed by atoms with Gasteiger partial charge in [0.25, 0.3) is 0 Å². The molecule has 0 aliphatic carbocycles. The Kier molecular flexibility index (Phi) is 7.26. The molecule has 0 spiro atoms. The van der Waals surface area contributed by atoms with Gasteiger partial charge in [-0.2, -0.15) is 0 Å². The fraction of sp³-hybridized carbons (Fsp3) is 0.278. The van der Waals surface area contributed by atoms with Gasteiger partial charge in [-0.15, -0.1) is 0 Å². The number of benzene rings is 2. The minimum absolute atomic E-state index is 0.104. The van der Waals surface area contributed by atoms with Crippen molar-refractivity contribution in [3.8, 4) is 5.75 Å². The molecule has 6 nitrogen and oxygen atoms in total. The second-order valence-corrected chi connectivity index (χ2v) is 7.45. The highest BCUT2D eigenvalue weighted by Crippen LogP contribution is 2.15. The van der Waals surface area contributed by atoms with Gasteiger partial charge in [-0.1, -0.05) is 18.2 Å². The van der Waals surface area contributed by atoms with E-state index in [4.69, 9.17) is 4.74 Å². The lowest BCUT2D eigenvalue weighted by molar-refractivity contribution is -0.121. The van der Waals surface area contributed by atoms with Gasteiger partial charge in [-0.3, -0.25) is 4.79 Å². The van der Waals surface area contributed by atoms with Crippen LogP contribution in [0.2, 0.25) is 0 Å². The van der Waals surface area contributed by atoms with Crippen LogP contribution >= 0.6 is 0 Å². The van der Waals surface area contributed by atoms with Gasteiger partial charge in [0.05, 0.1) is 11.4 Å². The van der Waals surface area contributed by atoms with Gasteiger partial charge >= 0.3 is 0 Å². The molecule has 0 aromatic heterocycles. The van der Waals surface area contributed by atoms with Gasteiger partial charge < -0.3 is 10.1 Å². The number of carbonyl (C=O) groups excluding carboxylic acids is 1. The normalized spacial score (nSPS) is 11.2. The number of para-hydroxylation sites is 1. The zero-order chi connectivity index (χ0) is 19.9. The maximum Gasteiger partial charge on any atom is 0.240 e. The fourth-order valence-corrected chi connectivity index (χ4v) is 3.23. The predicted molar refractivity (Wildman–Crippen MR) is 95.8 cm³/mol. The van der Waals surface area contributed by atoms with E-state index in [2.05, 4.69) is 10.0 Å². The van der Waals surface area contributed by atoms with Crippen LogP contribution in [0.15, 0.2) is 47.4 Å². The number of nitrogens with one attached hydrogen (secondary N) is 2. The molecule has 0 heterocycles. The molecule has 0 saturated carbocycles. The Morgan fingerprint density at radius 3 is 2.52 bits per heavy atom. The largest absolute Gasteiger partial charge is 0.491 e. The number of rotatable bonds is 9. The Morgan fingerprint density at radius 1 is 1.07 bits per heavy atom. The van der Waals surface area contributed by atoms with Crippen LogP contribution in [0.25, 0.3) is 0 Å². The third kappa shape index (κ3) is 6.30. The SMILES string of the molecule is Cc1ccccc1OCCNC(=O)CCNS(=O)(=O)c1ccc(F)c(F)c1. The van der Waals surface area contributed by atoms with Crippen molar-refractivity contribution in [1.29, 1.82) is 0 Å². The van der Waals surface area contributed by atoms with E-state index < -0.39 is 26.6 Å². The average Bonchev–Trinajstić information content (AvgIpc) is 2.62. The molecule has 0 atom stereocenters. The number of ether oxygens (including phenoxy) is 1. The van der Waals surface area contributed by atoms with Crippen molar-refractivity contribution < 1.29 is 26.7 Å². The van der Waals surface area contributed by atoms with E-state index in [0.717, 1.165) is 23.4 Å². The van der Waals surface area contributed by atoms with Gasteiger partial charge in [-0.05, 0) is 36.8 Å². The first-order valence-corrected chi connectivity index (χ1v) is 9.68. The lowest BCUT2D eigenvalue weighted by atomic mass is 10.2. The van der Waals surface area contributed by atoms with Crippen molar-refractivity contribution in [2.24, 2.45) is 0 Å². The van der Waals surface area contributed by atoms with E-state index in [9.17, 15) is 22.0 Å². The van der Waals surface area contributed by atoms with Crippen molar-refractivity contribution in [3.05, 3.63) is 59.7 Å². The number of carbonyl (C=O) groups is 1. The zero-order valence-corrected chi connectivity index (χ0v) is 15.5. The number of hydrogen-bond acceptors (Lipinski definition) is 4. The molecule has 0 fully saturated rings. The van der Waals surface area contributed by atoms with Gasteiger partial charge in [0.2, 0.25) is 15.9 Å². The van der Waals surface area contributed by atoms with Crippen LogP contribution in [-0.4, -0.2) is 34.0 Å². The van der Waals surface area contributed by atoms with Crippen molar-refractivity contribution >= 4 is 15.9 Å². The minimum Gasteiger partial charge on any atom is -0.491 e. The van der Waals surface area contributed by atoms with Gasteiger partial charge in [0, 0.05) is 13.0 Å². The van der Waals surface area contributed by atoms with Crippen LogP contribution < -0.4 is 14.8 Å². The van der Waals surface area contributed by atoms with E-state index in [1.54, 1.807) is 0 Å². The first kappa shape index (κ1) is 20.8. The van der Waals surface area contributed by atoms with Gasteiger partial charge in [-0.25, -0.2) is 21.9 Å². The van der Waals surface area contributed by atoms with Crippen LogP contribution in [0, 0.1) is 18.6 Å². The summed E-state index contributed by atoms with van der Waals surface area (Å²) >= 11 is 0. The molecule has 0 aliphatic rings. The molecule has 0 bridgehead atoms. The molecule has 0 saturated heterocycles. The molecule has 146 valence electrons. The number of aryl methyl sites for hydroxylation is 1. The number of hydrogen-bond donors (Lipinski definition) is 2. The maximum absolute atomic E-state index is 13.1. The quantitative estimate of drug-likeness (QED) is 0.634. The van der Waals surface area contributed by atoms with Crippen molar-refractivity contribution in [3.63, 3.8) is 0 Å². The maximum atomic E-state index is 13.1. The van der Waals surface area contributed by atoms with Crippen molar-refractivity contribution in [1.82, 2.24) is 10.0 Å². The molecule has 2 N–H and O–H groups in total. The number of halogens is 2. The molecule has 0 aliphatic heterocycles. The molecule has 27 heavy (non-hydrogen) atoms. The second-order valence-electron chi connectivity index (χ2n) is 5.69. The highest BCUT2D eigenvalue weighted by atomic mass is 32.2. The predicted octanol–water partition coefficient (Wildman–Crippen LogP) is 2.14. The molecule has 9 heteroatoms. The van der Waals surface area contributed by atoms with E-state index in [-0.39, 0.29) is 32.0 Å². The Hall–Kier alpha value is -2.52. The van der Waals surface area contributed by atoms with Crippen LogP contribution in [0.5, 0.6) is 5.75 Å². The zero-order valence-electron chi connectivity index (χ0n) is 14.7. The lowest BCUT2D eigenvalue weighted by Gasteiger charge is -2.10. The standard InChI is InChI=1S/C18H20F2N2O4S/c1-13-4-2-3-5-17(13)26-11-10-21-18(23)8-9-22-27(24,25)14-6-7-15(19)16(20)12-14/h2-7,12,22H,8-11H2,1H3,(H,21,23). The van der Waals surface area contributed by atoms with Crippen LogP contribution in [-0.2, 0) is 14.8 Å². The van der Waals surface area contributed by atoms with E-state index in [1.807, 2.05) is 31.2 Å². The molecule has 2 aromatic rings. The summed E-state index contributed by atoms with van der Waals surface area (Å²) in [6.45, 7) is 2.28. The number of amides is 1. The van der Waals surface area contributed by atoms with E-state index in [0.29, 0.717) is 6.07 Å². The topological polar surface area (TPSA) is 84.5 Å². The first-order chi connectivity index (χ1) is 12.8. The Morgan fingerprint density at radius 2 is 1.81 bits per heavy atom. The molecule has 1 amide bonds. The van der Waals surface area contributed by atoms with Gasteiger partial charge in [0.15, 0.2) is 11.6 Å². The highest BCUT2D eigenvalue weighted by molar-refractivity contribution is 7.89. The molecule has 0 radical (unpaired) electrons. The summed E-state index contributed by atoms with van der Waals surface area (Å²) in [5.41, 5.74) is 0.982. The molecular weight excluding hydrogens is 378 g/mol. The summed E-state index contributed by atoms with van der Waals surface area (Å²) in [6, 6.07) is 9.73. The highest BCUT2D eigenvalue weighted by Gasteiger charge is 2.16. The Labute approximate surface area is 156 Å².